The van der Waals surface area contributed by atoms with Crippen molar-refractivity contribution < 1.29 is 9.47 Å². The van der Waals surface area contributed by atoms with Gasteiger partial charge in [-0.1, -0.05) is 25.3 Å². The lowest BCUT2D eigenvalue weighted by Gasteiger charge is -2.35. The van der Waals surface area contributed by atoms with Gasteiger partial charge in [-0.3, -0.25) is 9.88 Å². The number of aromatic nitrogens is 7. The third kappa shape index (κ3) is 9.81. The van der Waals surface area contributed by atoms with E-state index < -0.39 is 0 Å². The number of halogens is 2. The molecule has 2 aromatic carbocycles. The van der Waals surface area contributed by atoms with Crippen molar-refractivity contribution in [1.82, 2.24) is 45.1 Å². The third-order valence-electron chi connectivity index (χ3n) is 10.4. The van der Waals surface area contributed by atoms with Crippen molar-refractivity contribution in [2.75, 3.05) is 32.8 Å². The maximum atomic E-state index is 6.05. The molecule has 9 rings (SSSR count). The fraction of sp³-hybridized carbons (Fsp3) is 0.326. The molecule has 1 unspecified atom stereocenters. The minimum Gasteiger partial charge on any atom is -0.492 e. The fourth-order valence-corrected chi connectivity index (χ4v) is 8.15. The van der Waals surface area contributed by atoms with Crippen molar-refractivity contribution in [2.24, 2.45) is 0 Å². The molecule has 1 aliphatic heterocycles. The first-order chi connectivity index (χ1) is 27.5. The average molecular weight is 880 g/mol. The molecular formula is C43H45Br2N9O2. The van der Waals surface area contributed by atoms with Gasteiger partial charge in [0.05, 0.1) is 11.0 Å². The Balaban J connectivity index is 0.000000161. The number of likely N-dealkylation sites (tertiary alicyclic amines) is 1. The molecule has 11 nitrogen and oxygen atoms in total. The van der Waals surface area contributed by atoms with Crippen molar-refractivity contribution >= 4 is 54.2 Å². The largest absolute Gasteiger partial charge is 0.492 e. The fourth-order valence-electron chi connectivity index (χ4n) is 7.49. The Hall–Kier alpha value is -4.69. The Bertz CT molecular complexity index is 2310. The summed E-state index contributed by atoms with van der Waals surface area (Å²) in [5, 5.41) is 3.56. The molecule has 7 aromatic rings. The maximum absolute atomic E-state index is 6.05. The van der Waals surface area contributed by atoms with E-state index in [1.807, 2.05) is 79.1 Å². The summed E-state index contributed by atoms with van der Waals surface area (Å²) in [7, 11) is 0. The predicted molar refractivity (Wildman–Crippen MR) is 228 cm³/mol. The molecule has 2 aliphatic rings. The summed E-state index contributed by atoms with van der Waals surface area (Å²) in [6, 6.07) is 25.4. The van der Waals surface area contributed by atoms with Crippen LogP contribution >= 0.6 is 31.9 Å². The van der Waals surface area contributed by atoms with Crippen LogP contribution in [0.2, 0.25) is 0 Å². The number of ether oxygens (including phenoxy) is 2. The summed E-state index contributed by atoms with van der Waals surface area (Å²) in [4.78, 5) is 31.2. The van der Waals surface area contributed by atoms with Gasteiger partial charge in [-0.15, -0.1) is 0 Å². The van der Waals surface area contributed by atoms with E-state index in [1.165, 1.54) is 50.5 Å². The molecule has 0 radical (unpaired) electrons. The third-order valence-corrected chi connectivity index (χ3v) is 11.2. The van der Waals surface area contributed by atoms with Crippen molar-refractivity contribution in [3.63, 3.8) is 0 Å². The molecule has 1 aliphatic carbocycles. The number of imidazole rings is 2. The molecule has 6 heterocycles. The van der Waals surface area contributed by atoms with Crippen molar-refractivity contribution in [2.45, 2.75) is 57.0 Å². The molecule has 0 spiro atoms. The van der Waals surface area contributed by atoms with Crippen molar-refractivity contribution in [1.29, 1.82) is 0 Å². The smallest absolute Gasteiger partial charge is 0.178 e. The SMILES string of the molecule is Brc1cnc2nc(-c3ccc(OCCN4CCCCC4c4cccnc4)cc3)[nH]c2c1.Brc1cnc2nc(-c3ccc(OCCNC4CCCC4)cc3)[nH]c2c1. The van der Waals surface area contributed by atoms with Crippen LogP contribution in [0.4, 0.5) is 0 Å². The van der Waals surface area contributed by atoms with E-state index in [1.54, 1.807) is 12.4 Å². The van der Waals surface area contributed by atoms with E-state index in [0.29, 0.717) is 30.9 Å². The standard InChI is InChI=1S/C24H24BrN5O.C19H21BrN4O/c25-19-14-21-24(27-16-19)29-23(28-21)17-6-8-20(9-7-17)31-13-12-30-11-2-1-5-22(30)18-4-3-10-26-15-18;20-14-11-17-19(22-12-14)24-18(23-17)13-5-7-16(8-6-13)25-10-9-21-15-3-1-2-4-15/h3-4,6-10,14-16,22H,1-2,5,11-13H2,(H,27,28,29);5-8,11-12,15,21H,1-4,9-10H2,(H,22,23,24). The molecule has 1 atom stereocenters. The average Bonchev–Trinajstić information content (AvgIpc) is 4.01. The zero-order valence-corrected chi connectivity index (χ0v) is 34.3. The van der Waals surface area contributed by atoms with Crippen LogP contribution in [0.15, 0.2) is 107 Å². The number of H-pyrrole nitrogens is 2. The van der Waals surface area contributed by atoms with Gasteiger partial charge in [0.15, 0.2) is 11.3 Å². The number of pyridine rings is 3. The van der Waals surface area contributed by atoms with Gasteiger partial charge in [0.1, 0.15) is 36.4 Å². The van der Waals surface area contributed by atoms with Crippen molar-refractivity contribution in [3.05, 3.63) is 112 Å². The second-order valence-electron chi connectivity index (χ2n) is 14.2. The first kappa shape index (κ1) is 38.2. The Kier molecular flexibility index (Phi) is 12.6. The molecule has 0 bridgehead atoms. The minimum atomic E-state index is 0.440. The Morgan fingerprint density at radius 3 is 1.88 bits per heavy atom. The van der Waals surface area contributed by atoms with Gasteiger partial charge in [-0.05, 0) is 136 Å². The normalized spacial score (nSPS) is 16.2. The second kappa shape index (κ2) is 18.5. The molecule has 1 saturated carbocycles. The van der Waals surface area contributed by atoms with E-state index in [4.69, 9.17) is 9.47 Å². The maximum Gasteiger partial charge on any atom is 0.178 e. The topological polar surface area (TPSA) is 130 Å². The lowest BCUT2D eigenvalue weighted by Crippen LogP contribution is -2.36. The first-order valence-electron chi connectivity index (χ1n) is 19.4. The van der Waals surface area contributed by atoms with Gasteiger partial charge in [0, 0.05) is 70.0 Å². The Morgan fingerprint density at radius 2 is 1.29 bits per heavy atom. The molecule has 0 amide bonds. The number of benzene rings is 2. The Morgan fingerprint density at radius 1 is 0.696 bits per heavy atom. The summed E-state index contributed by atoms with van der Waals surface area (Å²) >= 11 is 6.87. The van der Waals surface area contributed by atoms with E-state index in [-0.39, 0.29) is 0 Å². The Labute approximate surface area is 343 Å². The second-order valence-corrected chi connectivity index (χ2v) is 16.1. The summed E-state index contributed by atoms with van der Waals surface area (Å²) in [5.74, 6) is 3.37. The number of hydrogen-bond acceptors (Lipinski definition) is 9. The first-order valence-corrected chi connectivity index (χ1v) is 21.0. The molecule has 1 saturated heterocycles. The molecule has 2 fully saturated rings. The molecule has 3 N–H and O–H groups in total. The van der Waals surface area contributed by atoms with Crippen LogP contribution in [0.1, 0.15) is 56.6 Å². The number of nitrogens with zero attached hydrogens (tertiary/aromatic N) is 6. The summed E-state index contributed by atoms with van der Waals surface area (Å²) in [6.45, 7) is 4.27. The van der Waals surface area contributed by atoms with Gasteiger partial charge >= 0.3 is 0 Å². The van der Waals surface area contributed by atoms with Gasteiger partial charge in [-0.2, -0.15) is 0 Å². The molecule has 5 aromatic heterocycles. The van der Waals surface area contributed by atoms with Gasteiger partial charge < -0.3 is 24.8 Å². The summed E-state index contributed by atoms with van der Waals surface area (Å²) < 4.78 is 13.7. The van der Waals surface area contributed by atoms with Crippen molar-refractivity contribution in [3.8, 4) is 34.3 Å². The number of fused-ring (bicyclic) bond motifs is 2. The lowest BCUT2D eigenvalue weighted by atomic mass is 9.96. The number of nitrogens with one attached hydrogen (secondary N) is 3. The van der Waals surface area contributed by atoms with Crippen LogP contribution in [0, 0.1) is 0 Å². The van der Waals surface area contributed by atoms with E-state index in [2.05, 4.69) is 83.0 Å². The monoisotopic (exact) mass is 877 g/mol. The van der Waals surface area contributed by atoms with Gasteiger partial charge in [0.25, 0.3) is 0 Å². The van der Waals surface area contributed by atoms with E-state index in [9.17, 15) is 0 Å². The predicted octanol–water partition coefficient (Wildman–Crippen LogP) is 9.69. The van der Waals surface area contributed by atoms with Gasteiger partial charge in [-0.25, -0.2) is 19.9 Å². The highest BCUT2D eigenvalue weighted by molar-refractivity contribution is 9.10. The van der Waals surface area contributed by atoms with Crippen LogP contribution in [0.5, 0.6) is 11.5 Å². The quantitative estimate of drug-likeness (QED) is 0.103. The zero-order chi connectivity index (χ0) is 38.1. The number of piperidine rings is 1. The van der Waals surface area contributed by atoms with Crippen LogP contribution in [-0.2, 0) is 0 Å². The van der Waals surface area contributed by atoms with Crippen LogP contribution < -0.4 is 14.8 Å². The van der Waals surface area contributed by atoms with Crippen LogP contribution in [0.25, 0.3) is 45.1 Å². The highest BCUT2D eigenvalue weighted by atomic mass is 79.9. The number of rotatable bonds is 12. The molecule has 13 heteroatoms. The van der Waals surface area contributed by atoms with E-state index in [0.717, 1.165) is 79.5 Å². The highest BCUT2D eigenvalue weighted by Crippen LogP contribution is 2.30. The van der Waals surface area contributed by atoms with Crippen LogP contribution in [-0.4, -0.2) is 78.7 Å². The zero-order valence-electron chi connectivity index (χ0n) is 31.1. The summed E-state index contributed by atoms with van der Waals surface area (Å²) in [5.41, 5.74) is 6.59. The number of hydrogen-bond donors (Lipinski definition) is 3. The van der Waals surface area contributed by atoms with E-state index >= 15 is 0 Å². The molecule has 288 valence electrons. The lowest BCUT2D eigenvalue weighted by molar-refractivity contribution is 0.123. The molecule has 56 heavy (non-hydrogen) atoms. The summed E-state index contributed by atoms with van der Waals surface area (Å²) in [6.07, 6.45) is 16.4. The van der Waals surface area contributed by atoms with Crippen LogP contribution in [0.3, 0.4) is 0 Å². The minimum absolute atomic E-state index is 0.440. The molecular weight excluding hydrogens is 834 g/mol. The number of aromatic amines is 2. The van der Waals surface area contributed by atoms with Gasteiger partial charge in [0.2, 0.25) is 0 Å². The highest BCUT2D eigenvalue weighted by Gasteiger charge is 2.24.